The fraction of sp³-hybridized carbons (Fsp3) is 0.316. The Balaban J connectivity index is 1.45. The van der Waals surface area contributed by atoms with Crippen LogP contribution in [0.15, 0.2) is 48.8 Å². The van der Waals surface area contributed by atoms with Crippen LogP contribution in [-0.4, -0.2) is 45.4 Å². The van der Waals surface area contributed by atoms with Gasteiger partial charge in [0.2, 0.25) is 5.82 Å². The Morgan fingerprint density at radius 3 is 2.75 bits per heavy atom. The van der Waals surface area contributed by atoms with Crippen molar-refractivity contribution < 1.29 is 23.0 Å². The van der Waals surface area contributed by atoms with Crippen molar-refractivity contribution in [3.8, 4) is 5.75 Å². The van der Waals surface area contributed by atoms with Gasteiger partial charge in [-0.1, -0.05) is 6.07 Å². The van der Waals surface area contributed by atoms with E-state index in [1.807, 2.05) is 24.3 Å². The molecular formula is C19H17F3N4O2. The molecule has 0 amide bonds. The number of hydrogen-bond donors (Lipinski definition) is 1. The van der Waals surface area contributed by atoms with Gasteiger partial charge in [0.15, 0.2) is 0 Å². The molecule has 3 heterocycles. The average molecular weight is 390 g/mol. The van der Waals surface area contributed by atoms with Gasteiger partial charge in [-0.25, -0.2) is 9.97 Å². The maximum atomic E-state index is 12.8. The fourth-order valence-corrected chi connectivity index (χ4v) is 3.21. The van der Waals surface area contributed by atoms with E-state index in [4.69, 9.17) is 4.74 Å². The largest absolute Gasteiger partial charge is 0.488 e. The molecule has 9 heteroatoms. The van der Waals surface area contributed by atoms with Crippen molar-refractivity contribution in [1.82, 2.24) is 15.0 Å². The Morgan fingerprint density at radius 2 is 1.96 bits per heavy atom. The van der Waals surface area contributed by atoms with Crippen LogP contribution in [-0.2, 0) is 6.18 Å². The zero-order valence-corrected chi connectivity index (χ0v) is 14.7. The van der Waals surface area contributed by atoms with Gasteiger partial charge in [0, 0.05) is 43.4 Å². The number of alkyl halides is 3. The van der Waals surface area contributed by atoms with E-state index in [-0.39, 0.29) is 12.4 Å². The minimum atomic E-state index is -4.61. The minimum absolute atomic E-state index is 0.116. The van der Waals surface area contributed by atoms with Gasteiger partial charge in [0.05, 0.1) is 5.52 Å². The van der Waals surface area contributed by atoms with Crippen LogP contribution in [0.25, 0.3) is 10.9 Å². The number of ether oxygens (including phenoxy) is 1. The number of aliphatic hydroxyl groups excluding tert-OH is 1. The number of rotatable bonds is 3. The number of hydrogen-bond acceptors (Lipinski definition) is 6. The van der Waals surface area contributed by atoms with Crippen LogP contribution in [0.5, 0.6) is 5.75 Å². The highest BCUT2D eigenvalue weighted by molar-refractivity contribution is 5.79. The highest BCUT2D eigenvalue weighted by Crippen LogP contribution is 2.29. The molecule has 0 radical (unpaired) electrons. The van der Waals surface area contributed by atoms with Crippen LogP contribution in [0, 0.1) is 0 Å². The number of fused-ring (bicyclic) bond motifs is 1. The summed E-state index contributed by atoms with van der Waals surface area (Å²) in [5.41, 5.74) is 0.785. The van der Waals surface area contributed by atoms with E-state index in [0.717, 1.165) is 17.1 Å². The number of β-amino-alcohol motifs (C(OH)–C–C–N with tert-alkyl or cyclic N) is 1. The second kappa shape index (κ2) is 7.23. The summed E-state index contributed by atoms with van der Waals surface area (Å²) < 4.78 is 44.3. The molecule has 1 aliphatic rings. The molecule has 0 bridgehead atoms. The summed E-state index contributed by atoms with van der Waals surface area (Å²) in [5, 5.41) is 11.4. The van der Waals surface area contributed by atoms with Gasteiger partial charge in [-0.05, 0) is 24.3 Å². The third-order valence-electron chi connectivity index (χ3n) is 4.60. The van der Waals surface area contributed by atoms with E-state index in [0.29, 0.717) is 18.7 Å². The summed E-state index contributed by atoms with van der Waals surface area (Å²) in [5.74, 6) is -0.471. The van der Waals surface area contributed by atoms with Gasteiger partial charge in [0.25, 0.3) is 0 Å². The molecule has 1 fully saturated rings. The number of aromatic nitrogens is 3. The van der Waals surface area contributed by atoms with Crippen molar-refractivity contribution in [2.75, 3.05) is 18.0 Å². The second-order valence-electron chi connectivity index (χ2n) is 6.55. The molecule has 1 aliphatic heterocycles. The quantitative estimate of drug-likeness (QED) is 0.741. The lowest BCUT2D eigenvalue weighted by molar-refractivity contribution is -0.144. The normalized spacial score (nSPS) is 20.4. The number of benzene rings is 1. The molecule has 6 nitrogen and oxygen atoms in total. The van der Waals surface area contributed by atoms with E-state index >= 15 is 0 Å². The van der Waals surface area contributed by atoms with E-state index in [1.54, 1.807) is 17.2 Å². The van der Waals surface area contributed by atoms with Crippen molar-refractivity contribution in [3.63, 3.8) is 0 Å². The third kappa shape index (κ3) is 3.84. The van der Waals surface area contributed by atoms with Crippen molar-refractivity contribution in [3.05, 3.63) is 54.6 Å². The van der Waals surface area contributed by atoms with E-state index in [9.17, 15) is 18.3 Å². The third-order valence-corrected chi connectivity index (χ3v) is 4.60. The molecule has 0 unspecified atom stereocenters. The lowest BCUT2D eigenvalue weighted by Crippen LogP contribution is -2.49. The average Bonchev–Trinajstić information content (AvgIpc) is 2.69. The summed E-state index contributed by atoms with van der Waals surface area (Å²) in [4.78, 5) is 12.7. The summed E-state index contributed by atoms with van der Waals surface area (Å²) in [6, 6.07) is 10.7. The van der Waals surface area contributed by atoms with Crippen molar-refractivity contribution in [2.24, 2.45) is 0 Å². The first-order valence-electron chi connectivity index (χ1n) is 8.75. The number of nitrogens with zero attached hydrogens (tertiary/aromatic N) is 4. The monoisotopic (exact) mass is 390 g/mol. The SMILES string of the molecule is O[C@@H]1CN(c2ccnc(C(F)(F)F)n2)CC[C@H]1Oc1ccc2cccnc2c1. The molecule has 28 heavy (non-hydrogen) atoms. The number of halogens is 3. The Morgan fingerprint density at radius 1 is 1.11 bits per heavy atom. The molecule has 2 aromatic heterocycles. The molecule has 0 spiro atoms. The molecule has 4 rings (SSSR count). The minimum Gasteiger partial charge on any atom is -0.488 e. The first-order valence-corrected chi connectivity index (χ1v) is 8.75. The topological polar surface area (TPSA) is 71.4 Å². The van der Waals surface area contributed by atoms with E-state index < -0.39 is 24.2 Å². The lowest BCUT2D eigenvalue weighted by Gasteiger charge is -2.36. The second-order valence-corrected chi connectivity index (χ2v) is 6.55. The molecular weight excluding hydrogens is 373 g/mol. The van der Waals surface area contributed by atoms with Gasteiger partial charge in [-0.2, -0.15) is 13.2 Å². The first kappa shape index (κ1) is 18.4. The van der Waals surface area contributed by atoms with Gasteiger partial charge in [0.1, 0.15) is 23.8 Å². The summed E-state index contributed by atoms with van der Waals surface area (Å²) in [6.07, 6.45) is -2.76. The predicted octanol–water partition coefficient (Wildman–Crippen LogP) is 3.06. The van der Waals surface area contributed by atoms with E-state index in [1.165, 1.54) is 6.07 Å². The molecule has 146 valence electrons. The summed E-state index contributed by atoms with van der Waals surface area (Å²) in [6.45, 7) is 0.521. The van der Waals surface area contributed by atoms with Gasteiger partial charge < -0.3 is 14.7 Å². The molecule has 0 aliphatic carbocycles. The van der Waals surface area contributed by atoms with Crippen LogP contribution in [0.3, 0.4) is 0 Å². The summed E-state index contributed by atoms with van der Waals surface area (Å²) in [7, 11) is 0. The number of anilines is 1. The molecule has 1 aromatic carbocycles. The maximum absolute atomic E-state index is 12.8. The lowest BCUT2D eigenvalue weighted by atomic mass is 10.0. The Hall–Kier alpha value is -2.94. The molecule has 2 atom stereocenters. The Labute approximate surface area is 158 Å². The Kier molecular flexibility index (Phi) is 4.76. The van der Waals surface area contributed by atoms with E-state index in [2.05, 4.69) is 15.0 Å². The van der Waals surface area contributed by atoms with Gasteiger partial charge in [-0.15, -0.1) is 0 Å². The van der Waals surface area contributed by atoms with Crippen LogP contribution < -0.4 is 9.64 Å². The smallest absolute Gasteiger partial charge is 0.451 e. The number of pyridine rings is 1. The Bertz CT molecular complexity index is 983. The van der Waals surface area contributed by atoms with Crippen LogP contribution in [0.2, 0.25) is 0 Å². The highest BCUT2D eigenvalue weighted by atomic mass is 19.4. The van der Waals surface area contributed by atoms with Gasteiger partial charge in [-0.3, -0.25) is 4.98 Å². The summed E-state index contributed by atoms with van der Waals surface area (Å²) >= 11 is 0. The number of aliphatic hydroxyl groups is 1. The highest BCUT2D eigenvalue weighted by Gasteiger charge is 2.36. The van der Waals surface area contributed by atoms with Crippen molar-refractivity contribution in [1.29, 1.82) is 0 Å². The van der Waals surface area contributed by atoms with Crippen LogP contribution in [0.1, 0.15) is 12.2 Å². The maximum Gasteiger partial charge on any atom is 0.451 e. The molecule has 1 N–H and O–H groups in total. The first-order chi connectivity index (χ1) is 13.4. The predicted molar refractivity (Wildman–Crippen MR) is 96.0 cm³/mol. The zero-order valence-electron chi connectivity index (χ0n) is 14.7. The molecule has 0 saturated carbocycles. The van der Waals surface area contributed by atoms with Crippen molar-refractivity contribution >= 4 is 16.7 Å². The van der Waals surface area contributed by atoms with Crippen LogP contribution in [0.4, 0.5) is 19.0 Å². The van der Waals surface area contributed by atoms with Crippen LogP contribution >= 0.6 is 0 Å². The molecule has 3 aromatic rings. The zero-order chi connectivity index (χ0) is 19.7. The van der Waals surface area contributed by atoms with Crippen molar-refractivity contribution in [2.45, 2.75) is 24.8 Å². The van der Waals surface area contributed by atoms with Gasteiger partial charge >= 0.3 is 6.18 Å². The number of piperidine rings is 1. The standard InChI is InChI=1S/C19H17F3N4O2/c20-19(21,22)18-24-8-5-17(25-18)26-9-6-16(15(27)11-26)28-13-4-3-12-2-1-7-23-14(12)10-13/h1-5,7-8,10,15-16,27H,6,9,11H2/t15-,16-/m1/s1. The molecule has 1 saturated heterocycles. The fourth-order valence-electron chi connectivity index (χ4n) is 3.21.